The van der Waals surface area contributed by atoms with Gasteiger partial charge < -0.3 is 14.2 Å². The highest BCUT2D eigenvalue weighted by Gasteiger charge is 2.10. The Morgan fingerprint density at radius 1 is 0.606 bits per heavy atom. The molecule has 5 nitrogen and oxygen atoms in total. The Bertz CT molecular complexity index is 1210. The molecule has 0 aliphatic carbocycles. The molecule has 164 valence electrons. The molecule has 4 aromatic rings. The van der Waals surface area contributed by atoms with E-state index < -0.39 is 5.97 Å². The number of ether oxygens (including phenoxy) is 3. The molecule has 4 aromatic carbocycles. The third-order valence-electron chi connectivity index (χ3n) is 4.82. The second-order valence-corrected chi connectivity index (χ2v) is 7.37. The summed E-state index contributed by atoms with van der Waals surface area (Å²) < 4.78 is 16.6. The molecule has 0 fully saturated rings. The normalized spacial score (nSPS) is 10.3. The van der Waals surface area contributed by atoms with E-state index in [-0.39, 0.29) is 12.4 Å². The summed E-state index contributed by atoms with van der Waals surface area (Å²) in [5.74, 6) is 1.64. The van der Waals surface area contributed by atoms with Gasteiger partial charge in [-0.3, -0.25) is 4.79 Å². The molecule has 0 N–H and O–H groups in total. The summed E-state index contributed by atoms with van der Waals surface area (Å²) in [5, 5.41) is 0. The van der Waals surface area contributed by atoms with Crippen LogP contribution in [0.15, 0.2) is 103 Å². The van der Waals surface area contributed by atoms with Crippen LogP contribution in [0, 0.1) is 6.92 Å². The molecule has 0 saturated heterocycles. The Hall–Kier alpha value is -4.38. The average molecular weight is 438 g/mol. The van der Waals surface area contributed by atoms with Gasteiger partial charge >= 0.3 is 5.97 Å². The lowest BCUT2D eigenvalue weighted by atomic mass is 10.0. The predicted octanol–water partition coefficient (Wildman–Crippen LogP) is 6.00. The number of aryl methyl sites for hydroxylation is 1. The highest BCUT2D eigenvalue weighted by Crippen LogP contribution is 2.24. The lowest BCUT2D eigenvalue weighted by Gasteiger charge is -2.09. The summed E-state index contributed by atoms with van der Waals surface area (Å²) in [6.45, 7) is 1.77. The third-order valence-corrected chi connectivity index (χ3v) is 4.82. The number of hydrogen-bond donors (Lipinski definition) is 0. The van der Waals surface area contributed by atoms with Gasteiger partial charge in [0.05, 0.1) is 0 Å². The van der Waals surface area contributed by atoms with Crippen molar-refractivity contribution in [2.75, 3.05) is 6.61 Å². The third kappa shape index (κ3) is 6.08. The number of benzene rings is 4. The molecule has 0 unspecified atom stereocenters. The Morgan fingerprint density at radius 3 is 1.76 bits per heavy atom. The molecular formula is C28H22O5. The predicted molar refractivity (Wildman–Crippen MR) is 125 cm³/mol. The summed E-state index contributed by atoms with van der Waals surface area (Å²) >= 11 is 0. The maximum Gasteiger partial charge on any atom is 0.349 e. The number of esters is 1. The van der Waals surface area contributed by atoms with Crippen molar-refractivity contribution in [2.24, 2.45) is 0 Å². The van der Waals surface area contributed by atoms with Crippen molar-refractivity contribution in [3.8, 4) is 23.0 Å². The molecule has 0 radical (unpaired) electrons. The molecule has 0 heterocycles. The average Bonchev–Trinajstić information content (AvgIpc) is 2.85. The first-order valence-corrected chi connectivity index (χ1v) is 10.4. The van der Waals surface area contributed by atoms with E-state index in [0.29, 0.717) is 28.4 Å². The standard InChI is InChI=1S/C28H22O5/c1-20-7-11-24(12-8-20)32-25-17-15-23(16-18-25)31-19-27(29)33-26-13-9-22(10-14-26)28(30)21-5-3-2-4-6-21/h2-18H,19H2,1H3. The SMILES string of the molecule is Cc1ccc(Oc2ccc(OCC(=O)Oc3ccc(C(=O)c4ccccc4)cc3)cc2)cc1. The Labute approximate surface area is 192 Å². The monoisotopic (exact) mass is 438 g/mol. The smallest absolute Gasteiger partial charge is 0.349 e. The van der Waals surface area contributed by atoms with Crippen LogP contribution in [0.5, 0.6) is 23.0 Å². The van der Waals surface area contributed by atoms with Gasteiger partial charge in [-0.15, -0.1) is 0 Å². The van der Waals surface area contributed by atoms with Gasteiger partial charge in [0.1, 0.15) is 23.0 Å². The van der Waals surface area contributed by atoms with Crippen LogP contribution in [-0.4, -0.2) is 18.4 Å². The Morgan fingerprint density at radius 2 is 1.12 bits per heavy atom. The van der Waals surface area contributed by atoms with E-state index in [0.717, 1.165) is 11.3 Å². The zero-order chi connectivity index (χ0) is 23.0. The zero-order valence-corrected chi connectivity index (χ0v) is 18.1. The fraction of sp³-hybridized carbons (Fsp3) is 0.0714. The van der Waals surface area contributed by atoms with E-state index >= 15 is 0 Å². The summed E-state index contributed by atoms with van der Waals surface area (Å²) in [7, 11) is 0. The zero-order valence-electron chi connectivity index (χ0n) is 18.1. The second kappa shape index (κ2) is 10.3. The van der Waals surface area contributed by atoms with Crippen LogP contribution in [0.2, 0.25) is 0 Å². The van der Waals surface area contributed by atoms with Crippen molar-refractivity contribution in [1.82, 2.24) is 0 Å². The van der Waals surface area contributed by atoms with Crippen LogP contribution in [-0.2, 0) is 4.79 Å². The first-order valence-electron chi connectivity index (χ1n) is 10.4. The highest BCUT2D eigenvalue weighted by molar-refractivity contribution is 6.09. The van der Waals surface area contributed by atoms with Crippen molar-refractivity contribution in [2.45, 2.75) is 6.92 Å². The Balaban J connectivity index is 1.27. The maximum absolute atomic E-state index is 12.4. The van der Waals surface area contributed by atoms with E-state index in [1.807, 2.05) is 49.4 Å². The van der Waals surface area contributed by atoms with Gasteiger partial charge in [-0.1, -0.05) is 48.0 Å². The van der Waals surface area contributed by atoms with E-state index in [1.165, 1.54) is 0 Å². The fourth-order valence-corrected chi connectivity index (χ4v) is 3.08. The first-order chi connectivity index (χ1) is 16.1. The maximum atomic E-state index is 12.4. The van der Waals surface area contributed by atoms with Gasteiger partial charge in [-0.05, 0) is 67.6 Å². The molecule has 4 rings (SSSR count). The first kappa shape index (κ1) is 21.8. The molecule has 0 aromatic heterocycles. The van der Waals surface area contributed by atoms with Crippen molar-refractivity contribution < 1.29 is 23.8 Å². The summed E-state index contributed by atoms with van der Waals surface area (Å²) in [5.41, 5.74) is 2.28. The minimum atomic E-state index is -0.544. The van der Waals surface area contributed by atoms with Crippen LogP contribution >= 0.6 is 0 Å². The van der Waals surface area contributed by atoms with Crippen molar-refractivity contribution in [3.05, 3.63) is 120 Å². The number of carbonyl (C=O) groups excluding carboxylic acids is 2. The van der Waals surface area contributed by atoms with E-state index in [9.17, 15) is 9.59 Å². The molecule has 0 atom stereocenters. The van der Waals surface area contributed by atoms with Gasteiger partial charge in [0.25, 0.3) is 0 Å². The van der Waals surface area contributed by atoms with E-state index in [2.05, 4.69) is 0 Å². The van der Waals surface area contributed by atoms with Crippen LogP contribution in [0.1, 0.15) is 21.5 Å². The molecule has 0 aliphatic heterocycles. The quantitative estimate of drug-likeness (QED) is 0.192. The molecule has 0 amide bonds. The largest absolute Gasteiger partial charge is 0.482 e. The molecule has 0 aliphatic rings. The second-order valence-electron chi connectivity index (χ2n) is 7.37. The highest BCUT2D eigenvalue weighted by atomic mass is 16.6. The van der Waals surface area contributed by atoms with Crippen LogP contribution in [0.3, 0.4) is 0 Å². The number of hydrogen-bond acceptors (Lipinski definition) is 5. The summed E-state index contributed by atoms with van der Waals surface area (Å²) in [6.07, 6.45) is 0. The van der Waals surface area contributed by atoms with Crippen LogP contribution < -0.4 is 14.2 Å². The minimum Gasteiger partial charge on any atom is -0.482 e. The van der Waals surface area contributed by atoms with Crippen molar-refractivity contribution >= 4 is 11.8 Å². The van der Waals surface area contributed by atoms with Gasteiger partial charge in [0.2, 0.25) is 0 Å². The van der Waals surface area contributed by atoms with E-state index in [1.54, 1.807) is 60.7 Å². The van der Waals surface area contributed by atoms with Crippen LogP contribution in [0.4, 0.5) is 0 Å². The topological polar surface area (TPSA) is 61.8 Å². The number of rotatable bonds is 8. The summed E-state index contributed by atoms with van der Waals surface area (Å²) in [4.78, 5) is 24.6. The van der Waals surface area contributed by atoms with Gasteiger partial charge in [-0.2, -0.15) is 0 Å². The summed E-state index contributed by atoms with van der Waals surface area (Å²) in [6, 6.07) is 30.2. The molecule has 0 spiro atoms. The van der Waals surface area contributed by atoms with Crippen molar-refractivity contribution in [1.29, 1.82) is 0 Å². The van der Waals surface area contributed by atoms with Gasteiger partial charge in [0, 0.05) is 11.1 Å². The fourth-order valence-electron chi connectivity index (χ4n) is 3.08. The van der Waals surface area contributed by atoms with Crippen molar-refractivity contribution in [3.63, 3.8) is 0 Å². The lowest BCUT2D eigenvalue weighted by Crippen LogP contribution is -2.17. The van der Waals surface area contributed by atoms with Gasteiger partial charge in [0.15, 0.2) is 12.4 Å². The van der Waals surface area contributed by atoms with E-state index in [4.69, 9.17) is 14.2 Å². The lowest BCUT2D eigenvalue weighted by molar-refractivity contribution is -0.136. The molecule has 0 saturated carbocycles. The number of ketones is 1. The molecule has 5 heteroatoms. The molecular weight excluding hydrogens is 416 g/mol. The van der Waals surface area contributed by atoms with Gasteiger partial charge in [-0.25, -0.2) is 4.79 Å². The Kier molecular flexibility index (Phi) is 6.81. The minimum absolute atomic E-state index is 0.0911. The molecule has 33 heavy (non-hydrogen) atoms. The van der Waals surface area contributed by atoms with Crippen LogP contribution in [0.25, 0.3) is 0 Å². The molecule has 0 bridgehead atoms. The number of carbonyl (C=O) groups is 2.